The van der Waals surface area contributed by atoms with Crippen LogP contribution in [0.3, 0.4) is 0 Å². The molecule has 0 fully saturated rings. The lowest BCUT2D eigenvalue weighted by atomic mass is 10.0. The molecule has 0 atom stereocenters. The molecule has 0 radical (unpaired) electrons. The Morgan fingerprint density at radius 1 is 1.00 bits per heavy atom. The molecule has 0 N–H and O–H groups in total. The summed E-state index contributed by atoms with van der Waals surface area (Å²) in [4.78, 5) is 29.6. The highest BCUT2D eigenvalue weighted by Crippen LogP contribution is 2.42. The van der Waals surface area contributed by atoms with Gasteiger partial charge >= 0.3 is 5.97 Å². The minimum absolute atomic E-state index is 0.0706. The number of hydrogen-bond acceptors (Lipinski definition) is 4. The van der Waals surface area contributed by atoms with Gasteiger partial charge in [-0.05, 0) is 62.2 Å². The fourth-order valence-electron chi connectivity index (χ4n) is 3.56. The largest absolute Gasteiger partial charge is 0.462 e. The van der Waals surface area contributed by atoms with Gasteiger partial charge in [-0.25, -0.2) is 4.79 Å². The minimum atomic E-state index is -0.383. The van der Waals surface area contributed by atoms with Gasteiger partial charge in [0, 0.05) is 9.79 Å². The Hall–Kier alpha value is -3.05. The van der Waals surface area contributed by atoms with Gasteiger partial charge in [0.25, 0.3) is 5.91 Å². The quantitative estimate of drug-likeness (QED) is 0.504. The van der Waals surface area contributed by atoms with Gasteiger partial charge in [-0.1, -0.05) is 47.7 Å². The van der Waals surface area contributed by atoms with Crippen LogP contribution in [-0.2, 0) is 11.3 Å². The fourth-order valence-corrected chi connectivity index (χ4v) is 4.62. The van der Waals surface area contributed by atoms with Crippen molar-refractivity contribution in [3.8, 4) is 0 Å². The molecular formula is C25H23NO3S. The van der Waals surface area contributed by atoms with Crippen molar-refractivity contribution < 1.29 is 14.3 Å². The molecule has 3 aromatic rings. The normalized spacial score (nSPS) is 12.8. The average Bonchev–Trinajstić information content (AvgIpc) is 2.85. The second kappa shape index (κ2) is 8.36. The summed E-state index contributed by atoms with van der Waals surface area (Å²) in [5.74, 6) is -0.454. The monoisotopic (exact) mass is 417 g/mol. The maximum absolute atomic E-state index is 13.6. The Morgan fingerprint density at radius 2 is 1.80 bits per heavy atom. The van der Waals surface area contributed by atoms with Crippen molar-refractivity contribution in [1.29, 1.82) is 0 Å². The van der Waals surface area contributed by atoms with E-state index in [9.17, 15) is 9.59 Å². The fraction of sp³-hybridized carbons (Fsp3) is 0.200. The molecule has 152 valence electrons. The Morgan fingerprint density at radius 3 is 2.60 bits per heavy atom. The average molecular weight is 418 g/mol. The number of hydrogen-bond donors (Lipinski definition) is 0. The summed E-state index contributed by atoms with van der Waals surface area (Å²) in [6, 6.07) is 19.3. The Kier molecular flexibility index (Phi) is 5.64. The van der Waals surface area contributed by atoms with E-state index < -0.39 is 0 Å². The van der Waals surface area contributed by atoms with Crippen molar-refractivity contribution >= 4 is 29.3 Å². The van der Waals surface area contributed by atoms with Gasteiger partial charge in [0.1, 0.15) is 0 Å². The zero-order valence-electron chi connectivity index (χ0n) is 17.3. The molecule has 1 aliphatic rings. The molecule has 3 aromatic carbocycles. The molecule has 5 heteroatoms. The summed E-state index contributed by atoms with van der Waals surface area (Å²) >= 11 is 1.55. The van der Waals surface area contributed by atoms with Gasteiger partial charge in [-0.15, -0.1) is 0 Å². The van der Waals surface area contributed by atoms with Crippen LogP contribution in [0.25, 0.3) is 0 Å². The summed E-state index contributed by atoms with van der Waals surface area (Å²) in [6.07, 6.45) is 0. The lowest BCUT2D eigenvalue weighted by Gasteiger charge is -2.24. The number of amides is 1. The molecule has 4 nitrogen and oxygen atoms in total. The highest BCUT2D eigenvalue weighted by atomic mass is 32.2. The number of esters is 1. The number of carbonyl (C=O) groups excluding carboxylic acids is 2. The summed E-state index contributed by atoms with van der Waals surface area (Å²) in [5, 5.41) is 0. The first-order chi connectivity index (χ1) is 14.5. The van der Waals surface area contributed by atoms with E-state index in [4.69, 9.17) is 4.74 Å². The first kappa shape index (κ1) is 20.2. The Labute approximate surface area is 180 Å². The van der Waals surface area contributed by atoms with E-state index >= 15 is 0 Å². The summed E-state index contributed by atoms with van der Waals surface area (Å²) < 4.78 is 5.18. The minimum Gasteiger partial charge on any atom is -0.462 e. The number of ether oxygens (including phenoxy) is 1. The molecule has 1 heterocycles. The van der Waals surface area contributed by atoms with Crippen molar-refractivity contribution in [2.24, 2.45) is 0 Å². The van der Waals surface area contributed by atoms with E-state index in [1.807, 2.05) is 37.3 Å². The van der Waals surface area contributed by atoms with Crippen molar-refractivity contribution in [2.45, 2.75) is 37.1 Å². The second-order valence-corrected chi connectivity index (χ2v) is 8.41. The number of aryl methyl sites for hydroxylation is 2. The smallest absolute Gasteiger partial charge is 0.338 e. The molecular weight excluding hydrogens is 394 g/mol. The van der Waals surface area contributed by atoms with Crippen molar-refractivity contribution in [3.63, 3.8) is 0 Å². The number of benzene rings is 3. The van der Waals surface area contributed by atoms with Gasteiger partial charge in [0.2, 0.25) is 0 Å². The van der Waals surface area contributed by atoms with Gasteiger partial charge in [0.15, 0.2) is 0 Å². The highest BCUT2D eigenvalue weighted by Gasteiger charge is 2.28. The van der Waals surface area contributed by atoms with Gasteiger partial charge in [-0.3, -0.25) is 4.79 Å². The standard InChI is InChI=1S/C25H23NO3S/c1-4-29-25(28)18-11-12-23-21(14-18)26(15-19-13-16(2)9-10-17(19)3)24(27)20-7-5-6-8-22(20)30-23/h5-14H,4,15H2,1-3H3. The van der Waals surface area contributed by atoms with Crippen LogP contribution in [0.4, 0.5) is 5.69 Å². The van der Waals surface area contributed by atoms with Crippen LogP contribution in [0, 0.1) is 13.8 Å². The van der Waals surface area contributed by atoms with E-state index in [0.29, 0.717) is 24.3 Å². The SMILES string of the molecule is CCOC(=O)c1ccc2c(c1)N(Cc1cc(C)ccc1C)C(=O)c1ccccc1S2. The molecule has 0 saturated heterocycles. The summed E-state index contributed by atoms with van der Waals surface area (Å²) in [5.41, 5.74) is 5.20. The van der Waals surface area contributed by atoms with Crippen LogP contribution in [0.5, 0.6) is 0 Å². The third-order valence-electron chi connectivity index (χ3n) is 5.18. The lowest BCUT2D eigenvalue weighted by Crippen LogP contribution is -2.31. The Balaban J connectivity index is 1.85. The molecule has 0 unspecified atom stereocenters. The van der Waals surface area contributed by atoms with Crippen molar-refractivity contribution in [2.75, 3.05) is 11.5 Å². The van der Waals surface area contributed by atoms with Gasteiger partial charge in [-0.2, -0.15) is 0 Å². The maximum Gasteiger partial charge on any atom is 0.338 e. The lowest BCUT2D eigenvalue weighted by molar-refractivity contribution is 0.0526. The number of fused-ring (bicyclic) bond motifs is 2. The zero-order chi connectivity index (χ0) is 21.3. The van der Waals surface area contributed by atoms with Crippen LogP contribution in [0.1, 0.15) is 44.3 Å². The van der Waals surface area contributed by atoms with Crippen LogP contribution in [-0.4, -0.2) is 18.5 Å². The first-order valence-corrected chi connectivity index (χ1v) is 10.8. The van der Waals surface area contributed by atoms with E-state index in [2.05, 4.69) is 25.1 Å². The molecule has 4 rings (SSSR count). The topological polar surface area (TPSA) is 46.6 Å². The molecule has 0 aromatic heterocycles. The molecule has 0 aliphatic carbocycles. The molecule has 1 amide bonds. The van der Waals surface area contributed by atoms with Crippen molar-refractivity contribution in [1.82, 2.24) is 0 Å². The number of nitrogens with zero attached hydrogens (tertiary/aromatic N) is 1. The molecule has 0 bridgehead atoms. The first-order valence-electron chi connectivity index (χ1n) is 9.94. The van der Waals surface area contributed by atoms with Crippen molar-refractivity contribution in [3.05, 3.63) is 88.5 Å². The van der Waals surface area contributed by atoms with Crippen LogP contribution >= 0.6 is 11.8 Å². The van der Waals surface area contributed by atoms with E-state index in [1.54, 1.807) is 35.7 Å². The predicted octanol–water partition coefficient (Wildman–Crippen LogP) is 5.79. The Bertz CT molecular complexity index is 1140. The van der Waals surface area contributed by atoms with Crippen LogP contribution in [0.2, 0.25) is 0 Å². The third kappa shape index (κ3) is 3.85. The molecule has 1 aliphatic heterocycles. The predicted molar refractivity (Wildman–Crippen MR) is 119 cm³/mol. The second-order valence-electron chi connectivity index (χ2n) is 7.32. The van der Waals surface area contributed by atoms with E-state index in [1.165, 1.54) is 0 Å². The molecule has 30 heavy (non-hydrogen) atoms. The summed E-state index contributed by atoms with van der Waals surface area (Å²) in [7, 11) is 0. The number of rotatable bonds is 4. The molecule has 0 spiro atoms. The number of anilines is 1. The third-order valence-corrected chi connectivity index (χ3v) is 6.32. The number of carbonyl (C=O) groups is 2. The van der Waals surface area contributed by atoms with Gasteiger partial charge < -0.3 is 9.64 Å². The maximum atomic E-state index is 13.6. The van der Waals surface area contributed by atoms with Gasteiger partial charge in [0.05, 0.1) is 30.0 Å². The zero-order valence-corrected chi connectivity index (χ0v) is 18.1. The van der Waals surface area contributed by atoms with E-state index in [0.717, 1.165) is 32.2 Å². The summed E-state index contributed by atoms with van der Waals surface area (Å²) in [6.45, 7) is 6.62. The molecule has 0 saturated carbocycles. The van der Waals surface area contributed by atoms with Crippen LogP contribution in [0.15, 0.2) is 70.5 Å². The highest BCUT2D eigenvalue weighted by molar-refractivity contribution is 7.99. The van der Waals surface area contributed by atoms with Crippen LogP contribution < -0.4 is 4.90 Å². The van der Waals surface area contributed by atoms with E-state index in [-0.39, 0.29) is 11.9 Å².